The van der Waals surface area contributed by atoms with Crippen LogP contribution in [0, 0.1) is 27.7 Å². The fraction of sp³-hybridized carbons (Fsp3) is 0.287. The van der Waals surface area contributed by atoms with Crippen LogP contribution < -0.4 is 0 Å². The highest BCUT2D eigenvalue weighted by atomic mass is 35.5. The number of aryl methyl sites for hydroxylation is 4. The van der Waals surface area contributed by atoms with Gasteiger partial charge in [-0.1, -0.05) is 72.3 Å². The monoisotopic (exact) mass is 1640 g/mol. The molecule has 0 spiro atoms. The number of halogens is 1. The third-order valence-electron chi connectivity index (χ3n) is 21.2. The summed E-state index contributed by atoms with van der Waals surface area (Å²) in [5, 5.41) is 0.696. The van der Waals surface area contributed by atoms with Crippen LogP contribution in [0.5, 0.6) is 0 Å². The summed E-state index contributed by atoms with van der Waals surface area (Å²) in [5.41, 5.74) is 22.2. The Morgan fingerprint density at radius 2 is 0.628 bits per heavy atom. The normalized spacial score (nSPS) is 12.0. The molecule has 121 heavy (non-hydrogen) atoms. The Labute approximate surface area is 713 Å². The maximum absolute atomic E-state index is 6.28. The summed E-state index contributed by atoms with van der Waals surface area (Å²) in [4.78, 5) is 97.0. The smallest absolute Gasteiger partial charge is 0.121 e. The molecule has 0 saturated heterocycles. The summed E-state index contributed by atoms with van der Waals surface area (Å²) in [6.07, 6.45) is 39.1. The molecule has 622 valence electrons. The fourth-order valence-corrected chi connectivity index (χ4v) is 14.0. The quantitative estimate of drug-likeness (QED) is 0.0215. The molecule has 0 amide bonds. The summed E-state index contributed by atoms with van der Waals surface area (Å²) >= 11 is 6.28. The minimum atomic E-state index is 0.187. The van der Waals surface area contributed by atoms with Crippen molar-refractivity contribution in [3.05, 3.63) is 389 Å². The minimum absolute atomic E-state index is 0.187. The van der Waals surface area contributed by atoms with E-state index in [0.717, 1.165) is 201 Å². The topological polar surface area (TPSA) is 304 Å². The van der Waals surface area contributed by atoms with Crippen LogP contribution in [0.15, 0.2) is 276 Å². The highest BCUT2D eigenvalue weighted by molar-refractivity contribution is 6.31. The molecule has 15 aromatic heterocycles. The molecule has 16 rings (SSSR count). The van der Waals surface area contributed by atoms with Gasteiger partial charge in [0.15, 0.2) is 0 Å². The van der Waals surface area contributed by atoms with Crippen LogP contribution in [-0.2, 0) is 77.9 Å². The van der Waals surface area contributed by atoms with Gasteiger partial charge in [-0.2, -0.15) is 0 Å². The molecular weight excluding hydrogens is 1530 g/mol. The molecule has 6 N–H and O–H groups in total. The highest BCUT2D eigenvalue weighted by Gasteiger charge is 2.23. The summed E-state index contributed by atoms with van der Waals surface area (Å²) in [6.45, 7) is 24.9. The maximum atomic E-state index is 6.28. The van der Waals surface area contributed by atoms with Gasteiger partial charge in [0.1, 0.15) is 5.82 Å². The van der Waals surface area contributed by atoms with Crippen molar-refractivity contribution in [2.24, 2.45) is 0 Å². The van der Waals surface area contributed by atoms with E-state index in [0.29, 0.717) is 11.6 Å². The first-order valence-electron chi connectivity index (χ1n) is 41.1. The second-order valence-electron chi connectivity index (χ2n) is 29.8. The number of fused-ring (bicyclic) bond motifs is 1. The Kier molecular flexibility index (Phi) is 34.1. The molecule has 0 aliphatic rings. The molecule has 0 aliphatic heterocycles. The molecule has 16 aromatic rings. The van der Waals surface area contributed by atoms with Gasteiger partial charge in [-0.15, -0.1) is 0 Å². The lowest BCUT2D eigenvalue weighted by Crippen LogP contribution is -2.30. The molecule has 0 bridgehead atoms. The molecule has 0 radical (unpaired) electrons. The zero-order valence-corrected chi connectivity index (χ0v) is 70.8. The van der Waals surface area contributed by atoms with E-state index in [1.54, 1.807) is 37.8 Å². The van der Waals surface area contributed by atoms with Gasteiger partial charge >= 0.3 is 0 Å². The first-order valence-corrected chi connectivity index (χ1v) is 41.5. The van der Waals surface area contributed by atoms with Gasteiger partial charge in [0, 0.05) is 237 Å². The van der Waals surface area contributed by atoms with Crippen LogP contribution in [0.4, 0.5) is 0 Å². The first kappa shape index (κ1) is 87.5. The number of H-pyrrole nitrogens is 6. The number of aromatic nitrogens is 21. The van der Waals surface area contributed by atoms with Gasteiger partial charge in [-0.3, -0.25) is 69.4 Å². The number of imidazole rings is 6. The standard InChI is InChI=1S/C20H22N6.2C19H23N5.C18H20ClN5.C18H21N5/c1-15(17-6-4-5-10-22-17)26(11-9-16-12-21-14-23-16)13-20-24-18-7-2-3-8-19(18)25-20;1-15-5-3-8-21-18(15)12-24(10-7-17-11-20-14-23-17)13-19-16(2)6-4-9-22-19;1-15-6-5-10-22-19(15)13-24(11-8-17-12-20-14-23-17)16(2)18-7-3-4-9-21-18;1-14-4-2-7-21-17(14)11-24(9-6-15-10-20-13-23-15)12-18-16(19)5-3-8-22-18;1-15(18-7-3-5-10-21-18)23(11-8-16-12-19-14-22-16)13-17-6-2-4-9-20-17/h2-8,10,12,14-15H,9,11,13H2,1H3,(H,21,23)(H,24,25);3-6,8-9,11,14H,7,10,12-13H2,1-2H3,(H,20,23);3-7,9-10,12,14,16H,8,11,13H2,1-2H3,(H,20,23);2-5,7-8,10,13H,6,9,11-12H2,1H3,(H,20,23);2-7,9-10,12,14-15H,8,11,13H2,1H3,(H,19,22). The number of nitrogens with zero attached hydrogens (tertiary/aromatic N) is 20. The number of aromatic amines is 6. The number of para-hydroxylation sites is 2. The van der Waals surface area contributed by atoms with E-state index in [2.05, 4.69) is 227 Å². The third-order valence-corrected chi connectivity index (χ3v) is 21.5. The summed E-state index contributed by atoms with van der Waals surface area (Å²) in [5.74, 6) is 0.971. The summed E-state index contributed by atoms with van der Waals surface area (Å²) in [7, 11) is 0. The molecule has 0 saturated carbocycles. The van der Waals surface area contributed by atoms with Crippen molar-refractivity contribution in [2.45, 2.75) is 145 Å². The van der Waals surface area contributed by atoms with Crippen molar-refractivity contribution in [2.75, 3.05) is 32.7 Å². The van der Waals surface area contributed by atoms with Crippen molar-refractivity contribution >= 4 is 22.6 Å². The van der Waals surface area contributed by atoms with E-state index >= 15 is 0 Å². The largest absolute Gasteiger partial charge is 0.348 e. The second kappa shape index (κ2) is 47.1. The van der Waals surface area contributed by atoms with E-state index in [-0.39, 0.29) is 18.1 Å². The van der Waals surface area contributed by atoms with Crippen molar-refractivity contribution in [1.82, 2.24) is 129 Å². The maximum Gasteiger partial charge on any atom is 0.121 e. The Morgan fingerprint density at radius 1 is 0.306 bits per heavy atom. The molecular formula is C94H109ClN26. The molecule has 27 heteroatoms. The van der Waals surface area contributed by atoms with E-state index in [1.165, 1.54) is 22.3 Å². The molecule has 3 unspecified atom stereocenters. The average Bonchev–Trinajstić information content (AvgIpc) is 1.69. The lowest BCUT2D eigenvalue weighted by molar-refractivity contribution is 0.195. The Morgan fingerprint density at radius 3 is 0.975 bits per heavy atom. The van der Waals surface area contributed by atoms with Crippen molar-refractivity contribution in [3.8, 4) is 0 Å². The third kappa shape index (κ3) is 28.2. The Bertz CT molecular complexity index is 5230. The number of pyridine rings is 9. The van der Waals surface area contributed by atoms with E-state index < -0.39 is 0 Å². The van der Waals surface area contributed by atoms with Crippen molar-refractivity contribution < 1.29 is 0 Å². The predicted molar refractivity (Wildman–Crippen MR) is 474 cm³/mol. The van der Waals surface area contributed by atoms with E-state index in [4.69, 9.17) is 16.6 Å². The van der Waals surface area contributed by atoms with E-state index in [9.17, 15) is 0 Å². The van der Waals surface area contributed by atoms with Gasteiger partial charge in [0.25, 0.3) is 0 Å². The molecule has 26 nitrogen and oxygen atoms in total. The number of rotatable bonds is 35. The van der Waals surface area contributed by atoms with Crippen LogP contribution in [-0.4, -0.2) is 162 Å². The Balaban J connectivity index is 0.000000139. The minimum Gasteiger partial charge on any atom is -0.348 e. The molecule has 3 atom stereocenters. The first-order chi connectivity index (χ1) is 59.3. The molecule has 0 fully saturated rings. The highest BCUT2D eigenvalue weighted by Crippen LogP contribution is 2.26. The zero-order valence-electron chi connectivity index (χ0n) is 70.1. The number of hydrogen-bond donors (Lipinski definition) is 6. The predicted octanol–water partition coefficient (Wildman–Crippen LogP) is 16.3. The van der Waals surface area contributed by atoms with Gasteiger partial charge in [-0.05, 0) is 168 Å². The van der Waals surface area contributed by atoms with Gasteiger partial charge in [0.2, 0.25) is 0 Å². The molecule has 15 heterocycles. The second-order valence-corrected chi connectivity index (χ2v) is 30.2. The van der Waals surface area contributed by atoms with Crippen molar-refractivity contribution in [1.29, 1.82) is 0 Å². The number of benzene rings is 1. The van der Waals surface area contributed by atoms with Crippen molar-refractivity contribution in [3.63, 3.8) is 0 Å². The lowest BCUT2D eigenvalue weighted by Gasteiger charge is -2.28. The lowest BCUT2D eigenvalue weighted by atomic mass is 10.1. The summed E-state index contributed by atoms with van der Waals surface area (Å²) in [6, 6.07) is 53.1. The Hall–Kier alpha value is -12.8. The van der Waals surface area contributed by atoms with Crippen LogP contribution in [0.25, 0.3) is 11.0 Å². The molecule has 1 aromatic carbocycles. The van der Waals surface area contributed by atoms with Gasteiger partial charge in [-0.25, -0.2) is 29.9 Å². The van der Waals surface area contributed by atoms with Crippen LogP contribution >= 0.6 is 11.6 Å². The number of hydrogen-bond acceptors (Lipinski definition) is 20. The number of nitrogens with one attached hydrogen (secondary N) is 6. The molecule has 0 aliphatic carbocycles. The average molecular weight is 1640 g/mol. The van der Waals surface area contributed by atoms with Crippen LogP contribution in [0.3, 0.4) is 0 Å². The van der Waals surface area contributed by atoms with Crippen LogP contribution in [0.1, 0.15) is 147 Å². The fourth-order valence-electron chi connectivity index (χ4n) is 13.8. The van der Waals surface area contributed by atoms with E-state index in [1.807, 2.05) is 184 Å². The van der Waals surface area contributed by atoms with Gasteiger partial charge in [0.05, 0.1) is 105 Å². The van der Waals surface area contributed by atoms with Crippen LogP contribution in [0.2, 0.25) is 5.02 Å². The zero-order chi connectivity index (χ0) is 84.0. The summed E-state index contributed by atoms with van der Waals surface area (Å²) < 4.78 is 0. The van der Waals surface area contributed by atoms with Gasteiger partial charge < -0.3 is 29.9 Å². The SMILES string of the molecule is CC(c1ccccn1)N(CCc1cnc[nH]1)Cc1ccccn1.CC(c1ccccn1)N(CCc1cnc[nH]1)Cc1nc2ccccc2[nH]1.Cc1cccnc1CN(CCc1cnc[nH]1)C(C)c1ccccn1.Cc1cccnc1CN(CCc1cnc[nH]1)Cc1ncccc1C.Cc1cccnc1CN(CCc1cnc[nH]1)Cc1ncccc1Cl.